The lowest BCUT2D eigenvalue weighted by Crippen LogP contribution is -2.44. The van der Waals surface area contributed by atoms with E-state index in [0.717, 1.165) is 0 Å². The fourth-order valence-corrected chi connectivity index (χ4v) is 2.53. The number of nitrogens with zero attached hydrogens (tertiary/aromatic N) is 1. The predicted molar refractivity (Wildman–Crippen MR) is 64.6 cm³/mol. The quantitative estimate of drug-likeness (QED) is 0.745. The zero-order valence-corrected chi connectivity index (χ0v) is 10.6. The van der Waals surface area contributed by atoms with Gasteiger partial charge >= 0.3 is 5.97 Å². The van der Waals surface area contributed by atoms with Crippen molar-refractivity contribution in [2.75, 3.05) is 14.1 Å². The van der Waals surface area contributed by atoms with Gasteiger partial charge in [0.25, 0.3) is 0 Å². The number of carboxylic acids is 1. The van der Waals surface area contributed by atoms with Gasteiger partial charge in [-0.2, -0.15) is 0 Å². The van der Waals surface area contributed by atoms with E-state index in [0.29, 0.717) is 12.1 Å². The summed E-state index contributed by atoms with van der Waals surface area (Å²) in [6.07, 6.45) is 4.98. The normalized spacial score (nSPS) is 28.0. The summed E-state index contributed by atoms with van der Waals surface area (Å²) in [6.45, 7) is 2.00. The molecule has 1 unspecified atom stereocenters. The van der Waals surface area contributed by atoms with Gasteiger partial charge in [-0.15, -0.1) is 0 Å². The third kappa shape index (κ3) is 3.76. The Morgan fingerprint density at radius 3 is 2.44 bits per heavy atom. The second-order valence-electron chi connectivity index (χ2n) is 4.91. The van der Waals surface area contributed by atoms with Crippen molar-refractivity contribution in [3.63, 3.8) is 0 Å². The molecule has 1 rings (SSSR count). The number of hydrogen-bond acceptors (Lipinski definition) is 3. The van der Waals surface area contributed by atoms with Crippen LogP contribution in [0.25, 0.3) is 0 Å². The van der Waals surface area contributed by atoms with Crippen molar-refractivity contribution in [2.24, 2.45) is 0 Å². The molecule has 94 valence electrons. The molecule has 0 saturated heterocycles. The smallest absolute Gasteiger partial charge is 0.304 e. The van der Waals surface area contributed by atoms with E-state index in [1.165, 1.54) is 25.7 Å². The molecule has 0 amide bonds. The van der Waals surface area contributed by atoms with Gasteiger partial charge in [0.05, 0.1) is 6.42 Å². The molecular weight excluding hydrogens is 204 g/mol. The maximum atomic E-state index is 10.7. The first-order valence-corrected chi connectivity index (χ1v) is 6.15. The molecule has 0 radical (unpaired) electrons. The molecule has 16 heavy (non-hydrogen) atoms. The highest BCUT2D eigenvalue weighted by Crippen LogP contribution is 2.24. The lowest BCUT2D eigenvalue weighted by Gasteiger charge is -2.37. The number of rotatable bonds is 5. The topological polar surface area (TPSA) is 52.6 Å². The molecule has 0 spiro atoms. The molecule has 2 N–H and O–H groups in total. The summed E-state index contributed by atoms with van der Waals surface area (Å²) in [6, 6.07) is 1.34. The molecule has 4 nitrogen and oxygen atoms in total. The van der Waals surface area contributed by atoms with Crippen LogP contribution >= 0.6 is 0 Å². The Kier molecular flexibility index (Phi) is 5.22. The molecule has 1 fully saturated rings. The van der Waals surface area contributed by atoms with E-state index in [1.807, 2.05) is 14.0 Å². The summed E-state index contributed by atoms with van der Waals surface area (Å²) < 4.78 is 0. The van der Waals surface area contributed by atoms with E-state index >= 15 is 0 Å². The molecule has 0 bridgehead atoms. The molecule has 0 aromatic rings. The third-order valence-electron chi connectivity index (χ3n) is 3.85. The van der Waals surface area contributed by atoms with Crippen molar-refractivity contribution in [1.29, 1.82) is 0 Å². The van der Waals surface area contributed by atoms with Crippen LogP contribution in [0.5, 0.6) is 0 Å². The Hall–Kier alpha value is -0.610. The molecular formula is C12H24N2O2. The fourth-order valence-electron chi connectivity index (χ4n) is 2.53. The Balaban J connectivity index is 2.37. The van der Waals surface area contributed by atoms with Crippen LogP contribution in [0.3, 0.4) is 0 Å². The summed E-state index contributed by atoms with van der Waals surface area (Å²) in [5.74, 6) is -0.705. The van der Waals surface area contributed by atoms with Crippen molar-refractivity contribution < 1.29 is 9.90 Å². The zero-order chi connectivity index (χ0) is 12.1. The van der Waals surface area contributed by atoms with E-state index in [4.69, 9.17) is 5.11 Å². The average Bonchev–Trinajstić information content (AvgIpc) is 2.27. The van der Waals surface area contributed by atoms with E-state index < -0.39 is 5.97 Å². The molecule has 0 aromatic carbocycles. The van der Waals surface area contributed by atoms with Gasteiger partial charge in [-0.3, -0.25) is 4.79 Å². The van der Waals surface area contributed by atoms with Gasteiger partial charge in [-0.1, -0.05) is 0 Å². The van der Waals surface area contributed by atoms with E-state index in [9.17, 15) is 4.79 Å². The standard InChI is InChI=1S/C12H24N2O2/c1-9(8-12(15)16)14(3)11-6-4-10(13-2)5-7-11/h9-11,13H,4-8H2,1-3H3,(H,15,16). The van der Waals surface area contributed by atoms with Crippen LogP contribution in [-0.4, -0.2) is 48.2 Å². The van der Waals surface area contributed by atoms with Crippen molar-refractivity contribution in [2.45, 2.75) is 57.2 Å². The van der Waals surface area contributed by atoms with Crippen molar-refractivity contribution >= 4 is 5.97 Å². The molecule has 4 heteroatoms. The van der Waals surface area contributed by atoms with Gasteiger partial charge in [0.15, 0.2) is 0 Å². The van der Waals surface area contributed by atoms with E-state index in [1.54, 1.807) is 0 Å². The van der Waals surface area contributed by atoms with Gasteiger partial charge in [0, 0.05) is 18.1 Å². The van der Waals surface area contributed by atoms with Crippen LogP contribution in [0.15, 0.2) is 0 Å². The molecule has 0 aromatic heterocycles. The number of nitrogens with one attached hydrogen (secondary N) is 1. The molecule has 0 heterocycles. The average molecular weight is 228 g/mol. The van der Waals surface area contributed by atoms with Crippen LogP contribution < -0.4 is 5.32 Å². The van der Waals surface area contributed by atoms with Gasteiger partial charge in [-0.25, -0.2) is 0 Å². The summed E-state index contributed by atoms with van der Waals surface area (Å²) in [5, 5.41) is 12.1. The van der Waals surface area contributed by atoms with Crippen LogP contribution in [0.4, 0.5) is 0 Å². The second-order valence-corrected chi connectivity index (χ2v) is 4.91. The molecule has 1 saturated carbocycles. The highest BCUT2D eigenvalue weighted by Gasteiger charge is 2.26. The number of carbonyl (C=O) groups is 1. The van der Waals surface area contributed by atoms with Crippen LogP contribution in [0, 0.1) is 0 Å². The lowest BCUT2D eigenvalue weighted by atomic mass is 9.89. The Labute approximate surface area is 98.0 Å². The lowest BCUT2D eigenvalue weighted by molar-refractivity contribution is -0.138. The van der Waals surface area contributed by atoms with Gasteiger partial charge < -0.3 is 15.3 Å². The molecule has 1 atom stereocenters. The third-order valence-corrected chi connectivity index (χ3v) is 3.85. The summed E-state index contributed by atoms with van der Waals surface area (Å²) in [7, 11) is 4.07. The summed E-state index contributed by atoms with van der Waals surface area (Å²) >= 11 is 0. The Morgan fingerprint density at radius 1 is 1.44 bits per heavy atom. The van der Waals surface area contributed by atoms with Crippen LogP contribution in [0.2, 0.25) is 0 Å². The van der Waals surface area contributed by atoms with Gasteiger partial charge in [0.2, 0.25) is 0 Å². The maximum Gasteiger partial charge on any atom is 0.304 e. The minimum atomic E-state index is -0.705. The van der Waals surface area contributed by atoms with Crippen molar-refractivity contribution in [1.82, 2.24) is 10.2 Å². The Morgan fingerprint density at radius 2 is 2.00 bits per heavy atom. The number of aliphatic carboxylic acids is 1. The van der Waals surface area contributed by atoms with Crippen molar-refractivity contribution in [3.05, 3.63) is 0 Å². The molecule has 1 aliphatic rings. The van der Waals surface area contributed by atoms with E-state index in [2.05, 4.69) is 17.3 Å². The first-order valence-electron chi connectivity index (χ1n) is 6.15. The largest absolute Gasteiger partial charge is 0.481 e. The van der Waals surface area contributed by atoms with Gasteiger partial charge in [-0.05, 0) is 46.7 Å². The maximum absolute atomic E-state index is 10.7. The zero-order valence-electron chi connectivity index (χ0n) is 10.6. The van der Waals surface area contributed by atoms with Crippen LogP contribution in [-0.2, 0) is 4.79 Å². The fraction of sp³-hybridized carbons (Fsp3) is 0.917. The summed E-state index contributed by atoms with van der Waals surface area (Å²) in [4.78, 5) is 12.9. The minimum absolute atomic E-state index is 0.133. The molecule has 1 aliphatic carbocycles. The first kappa shape index (κ1) is 13.5. The highest BCUT2D eigenvalue weighted by atomic mass is 16.4. The monoisotopic (exact) mass is 228 g/mol. The Bertz CT molecular complexity index is 225. The predicted octanol–water partition coefficient (Wildman–Crippen LogP) is 1.31. The summed E-state index contributed by atoms with van der Waals surface area (Å²) in [5.41, 5.74) is 0. The SMILES string of the molecule is CNC1CCC(N(C)C(C)CC(=O)O)CC1. The molecule has 0 aliphatic heterocycles. The minimum Gasteiger partial charge on any atom is -0.481 e. The highest BCUT2D eigenvalue weighted by molar-refractivity contribution is 5.67. The first-order chi connectivity index (χ1) is 7.54. The second kappa shape index (κ2) is 6.21. The number of hydrogen-bond donors (Lipinski definition) is 2. The van der Waals surface area contributed by atoms with Gasteiger partial charge in [0.1, 0.15) is 0 Å². The van der Waals surface area contributed by atoms with E-state index in [-0.39, 0.29) is 12.5 Å². The number of carboxylic acid groups (broad SMARTS) is 1. The van der Waals surface area contributed by atoms with Crippen molar-refractivity contribution in [3.8, 4) is 0 Å². The van der Waals surface area contributed by atoms with Crippen LogP contribution in [0.1, 0.15) is 39.0 Å².